The van der Waals surface area contributed by atoms with Crippen molar-refractivity contribution in [3.05, 3.63) is 69.1 Å². The van der Waals surface area contributed by atoms with Crippen LogP contribution >= 0.6 is 34.5 Å². The van der Waals surface area contributed by atoms with Gasteiger partial charge in [0.2, 0.25) is 0 Å². The summed E-state index contributed by atoms with van der Waals surface area (Å²) >= 11 is 14.3. The summed E-state index contributed by atoms with van der Waals surface area (Å²) in [4.78, 5) is 21.3. The van der Waals surface area contributed by atoms with E-state index in [1.54, 1.807) is 12.4 Å². The van der Waals surface area contributed by atoms with Crippen molar-refractivity contribution in [2.24, 2.45) is 11.3 Å². The maximum atomic E-state index is 13.3. The lowest BCUT2D eigenvalue weighted by molar-refractivity contribution is -0.189. The summed E-state index contributed by atoms with van der Waals surface area (Å²) < 4.78 is 13.4. The van der Waals surface area contributed by atoms with E-state index >= 15 is 0 Å². The van der Waals surface area contributed by atoms with Crippen molar-refractivity contribution >= 4 is 50.3 Å². The Bertz CT molecular complexity index is 1420. The lowest BCUT2D eigenvalue weighted by atomic mass is 9.78. The highest BCUT2D eigenvalue weighted by atomic mass is 35.5. The molecule has 0 radical (unpaired) electrons. The monoisotopic (exact) mass is 543 g/mol. The topological polar surface area (TPSA) is 56.6 Å². The van der Waals surface area contributed by atoms with Gasteiger partial charge in [0.25, 0.3) is 5.56 Å². The molecule has 0 N–H and O–H groups in total. The first kappa shape index (κ1) is 24.2. The molecule has 2 atom stereocenters. The van der Waals surface area contributed by atoms with Crippen LogP contribution in [0.4, 0.5) is 0 Å². The number of fused-ring (bicyclic) bond motifs is 1. The smallest absolute Gasteiger partial charge is 0.275 e. The van der Waals surface area contributed by atoms with Crippen LogP contribution in [0.15, 0.2) is 53.6 Å². The van der Waals surface area contributed by atoms with E-state index in [1.165, 1.54) is 15.9 Å². The largest absolute Gasteiger partial charge is 0.492 e. The Morgan fingerprint density at radius 2 is 2.11 bits per heavy atom. The Hall–Kier alpha value is -2.16. The van der Waals surface area contributed by atoms with E-state index < -0.39 is 0 Å². The molecular formula is C27H27Cl2N3O3S. The fraction of sp³-hybridized carbons (Fsp3) is 0.407. The zero-order chi connectivity index (χ0) is 24.9. The molecule has 1 aliphatic carbocycles. The Morgan fingerprint density at radius 1 is 1.28 bits per heavy atom. The molecule has 4 heterocycles. The molecule has 9 heteroatoms. The highest BCUT2D eigenvalue weighted by Crippen LogP contribution is 2.37. The predicted octanol–water partition coefficient (Wildman–Crippen LogP) is 5.40. The molecule has 2 aliphatic heterocycles. The van der Waals surface area contributed by atoms with Crippen LogP contribution < -0.4 is 10.3 Å². The normalized spacial score (nSPS) is 22.9. The Kier molecular flexibility index (Phi) is 6.46. The van der Waals surface area contributed by atoms with Crippen molar-refractivity contribution < 1.29 is 9.47 Å². The molecule has 3 aliphatic rings. The second kappa shape index (κ2) is 9.62. The molecule has 1 aromatic carbocycles. The van der Waals surface area contributed by atoms with E-state index in [4.69, 9.17) is 32.7 Å². The van der Waals surface area contributed by atoms with Gasteiger partial charge >= 0.3 is 0 Å². The van der Waals surface area contributed by atoms with Gasteiger partial charge < -0.3 is 14.4 Å². The first-order valence-corrected chi connectivity index (χ1v) is 13.8. The van der Waals surface area contributed by atoms with Gasteiger partial charge in [-0.3, -0.25) is 9.36 Å². The van der Waals surface area contributed by atoms with Crippen LogP contribution in [0, 0.1) is 11.3 Å². The number of alkyl halides is 1. The van der Waals surface area contributed by atoms with E-state index in [9.17, 15) is 4.79 Å². The standard InChI is InChI=1S/C27H27Cl2N3O3S/c1-17-9-18(3-5-20(17)28)24-11-22-25(36-24)26(33)32(16-30-22)19-4-6-23(21(29)10-19)35-8-2-7-31-12-27(13-31)14-34-15-27/h3-6,9-11,16-17,20H,2,7-8,12-15H2,1H3. The SMILES string of the molecule is CC1C=C(c2cc3ncn(-c4ccc(OCCCN5CC6(COC6)C5)c(Cl)c4)c(=O)c3s2)C=CC1Cl. The number of hydrogen-bond donors (Lipinski definition) is 0. The van der Waals surface area contributed by atoms with Gasteiger partial charge in [0, 0.05) is 29.9 Å². The number of allylic oxidation sites excluding steroid dienone is 4. The number of halogens is 2. The second-order valence-corrected chi connectivity index (χ2v) is 12.0. The van der Waals surface area contributed by atoms with Gasteiger partial charge in [-0.15, -0.1) is 22.9 Å². The van der Waals surface area contributed by atoms with Crippen LogP contribution in [-0.4, -0.2) is 59.3 Å². The third kappa shape index (κ3) is 4.52. The number of nitrogens with zero attached hydrogens (tertiary/aromatic N) is 3. The van der Waals surface area contributed by atoms with E-state index in [0.29, 0.717) is 38.7 Å². The van der Waals surface area contributed by atoms with E-state index in [1.807, 2.05) is 30.4 Å². The summed E-state index contributed by atoms with van der Waals surface area (Å²) in [6, 6.07) is 7.38. The van der Waals surface area contributed by atoms with Crippen molar-refractivity contribution in [1.82, 2.24) is 14.5 Å². The summed E-state index contributed by atoms with van der Waals surface area (Å²) in [7, 11) is 0. The molecule has 1 spiro atoms. The third-order valence-electron chi connectivity index (χ3n) is 7.13. The van der Waals surface area contributed by atoms with Crippen LogP contribution in [0.1, 0.15) is 18.2 Å². The Morgan fingerprint density at radius 3 is 2.83 bits per heavy atom. The average molecular weight is 545 g/mol. The molecular weight excluding hydrogens is 517 g/mol. The summed E-state index contributed by atoms with van der Waals surface area (Å²) in [5.41, 5.74) is 2.75. The van der Waals surface area contributed by atoms with Crippen LogP contribution in [0.5, 0.6) is 5.75 Å². The van der Waals surface area contributed by atoms with Gasteiger partial charge in [0.1, 0.15) is 16.8 Å². The molecule has 2 fully saturated rings. The van der Waals surface area contributed by atoms with Gasteiger partial charge in [0.15, 0.2) is 0 Å². The zero-order valence-electron chi connectivity index (χ0n) is 20.0. The first-order chi connectivity index (χ1) is 17.4. The number of likely N-dealkylation sites (tertiary alicyclic amines) is 1. The summed E-state index contributed by atoms with van der Waals surface area (Å²) in [5, 5.41) is 0.466. The van der Waals surface area contributed by atoms with Crippen molar-refractivity contribution in [2.45, 2.75) is 18.7 Å². The molecule has 0 saturated carbocycles. The molecule has 2 unspecified atom stereocenters. The summed E-state index contributed by atoms with van der Waals surface area (Å²) in [5.74, 6) is 0.853. The minimum atomic E-state index is -0.117. The van der Waals surface area contributed by atoms with Gasteiger partial charge in [-0.2, -0.15) is 0 Å². The third-order valence-corrected chi connectivity index (χ3v) is 9.13. The zero-order valence-corrected chi connectivity index (χ0v) is 22.3. The van der Waals surface area contributed by atoms with Gasteiger partial charge in [-0.25, -0.2) is 4.98 Å². The summed E-state index contributed by atoms with van der Waals surface area (Å²) in [6.45, 7) is 7.76. The first-order valence-electron chi connectivity index (χ1n) is 12.2. The highest BCUT2D eigenvalue weighted by Gasteiger charge is 2.48. The molecule has 0 bridgehead atoms. The van der Waals surface area contributed by atoms with Crippen molar-refractivity contribution in [1.29, 1.82) is 0 Å². The maximum Gasteiger partial charge on any atom is 0.275 e. The minimum Gasteiger partial charge on any atom is -0.492 e. The predicted molar refractivity (Wildman–Crippen MR) is 146 cm³/mol. The molecule has 2 saturated heterocycles. The Labute approximate surface area is 223 Å². The summed E-state index contributed by atoms with van der Waals surface area (Å²) in [6.07, 6.45) is 8.65. The maximum absolute atomic E-state index is 13.3. The highest BCUT2D eigenvalue weighted by molar-refractivity contribution is 7.20. The van der Waals surface area contributed by atoms with Crippen molar-refractivity contribution in [3.63, 3.8) is 0 Å². The molecule has 36 heavy (non-hydrogen) atoms. The van der Waals surface area contributed by atoms with Crippen molar-refractivity contribution in [3.8, 4) is 11.4 Å². The van der Waals surface area contributed by atoms with Gasteiger partial charge in [0.05, 0.1) is 41.4 Å². The molecule has 2 aromatic heterocycles. The number of thiophene rings is 1. The fourth-order valence-electron chi connectivity index (χ4n) is 5.07. The number of aromatic nitrogens is 2. The average Bonchev–Trinajstić information content (AvgIpc) is 3.25. The van der Waals surface area contributed by atoms with E-state index in [2.05, 4.69) is 22.9 Å². The number of rotatable bonds is 7. The van der Waals surface area contributed by atoms with Crippen molar-refractivity contribution in [2.75, 3.05) is 39.5 Å². The molecule has 188 valence electrons. The van der Waals surface area contributed by atoms with Crippen LogP contribution in [0.25, 0.3) is 21.5 Å². The molecule has 0 amide bonds. The fourth-order valence-corrected chi connectivity index (χ4v) is 6.49. The quantitative estimate of drug-likeness (QED) is 0.295. The molecule has 6 rings (SSSR count). The number of hydrogen-bond acceptors (Lipinski definition) is 6. The van der Waals surface area contributed by atoms with E-state index in [0.717, 1.165) is 49.7 Å². The Balaban J connectivity index is 1.13. The van der Waals surface area contributed by atoms with Crippen LogP contribution in [0.2, 0.25) is 5.02 Å². The lowest BCUT2D eigenvalue weighted by Gasteiger charge is -2.55. The second-order valence-electron chi connectivity index (χ2n) is 10.0. The minimum absolute atomic E-state index is 0.00858. The van der Waals surface area contributed by atoms with Gasteiger partial charge in [-0.1, -0.05) is 36.8 Å². The van der Waals surface area contributed by atoms with Gasteiger partial charge in [-0.05, 0) is 42.2 Å². The van der Waals surface area contributed by atoms with Crippen LogP contribution in [-0.2, 0) is 4.74 Å². The molecule has 6 nitrogen and oxygen atoms in total. The van der Waals surface area contributed by atoms with E-state index in [-0.39, 0.29) is 16.9 Å². The number of benzene rings is 1. The van der Waals surface area contributed by atoms with Crippen LogP contribution in [0.3, 0.4) is 0 Å². The number of ether oxygens (including phenoxy) is 2. The molecule has 3 aromatic rings. The lowest BCUT2D eigenvalue weighted by Crippen LogP contribution is -2.65.